The van der Waals surface area contributed by atoms with Gasteiger partial charge in [0.15, 0.2) is 0 Å². The minimum absolute atomic E-state index is 0.0924. The van der Waals surface area contributed by atoms with Crippen LogP contribution < -0.4 is 15.0 Å². The third-order valence-electron chi connectivity index (χ3n) is 10.1. The minimum atomic E-state index is -1.55. The van der Waals surface area contributed by atoms with Crippen LogP contribution in [0.4, 0.5) is 5.69 Å². The highest BCUT2D eigenvalue weighted by Crippen LogP contribution is 2.55. The minimum Gasteiger partial charge on any atom is -0.497 e. The molecule has 0 radical (unpaired) electrons. The molecule has 0 saturated carbocycles. The number of hydrogen-bond donors (Lipinski definition) is 2. The Bertz CT molecular complexity index is 1800. The van der Waals surface area contributed by atoms with Crippen LogP contribution >= 0.6 is 0 Å². The third-order valence-corrected chi connectivity index (χ3v) is 10.1. The smallest absolute Gasteiger partial charge is 0.306 e. The number of hydrogen-bond acceptors (Lipinski definition) is 8. The average Bonchev–Trinajstić information content (AvgIpc) is 3.53. The van der Waals surface area contributed by atoms with Gasteiger partial charge in [0.1, 0.15) is 24.0 Å². The maximum Gasteiger partial charge on any atom is 0.306 e. The van der Waals surface area contributed by atoms with E-state index >= 15 is 4.79 Å². The summed E-state index contributed by atoms with van der Waals surface area (Å²) >= 11 is 0. The Morgan fingerprint density at radius 3 is 2.36 bits per heavy atom. The van der Waals surface area contributed by atoms with Crippen LogP contribution in [0.5, 0.6) is 5.75 Å². The van der Waals surface area contributed by atoms with Gasteiger partial charge in [-0.15, -0.1) is 0 Å². The van der Waals surface area contributed by atoms with Crippen molar-refractivity contribution in [3.05, 3.63) is 120 Å². The van der Waals surface area contributed by atoms with E-state index < -0.39 is 72.0 Å². The lowest BCUT2D eigenvalue weighted by Gasteiger charge is -2.38. The van der Waals surface area contributed by atoms with Crippen molar-refractivity contribution in [2.45, 2.75) is 42.7 Å². The van der Waals surface area contributed by atoms with E-state index in [1.807, 2.05) is 48.5 Å². The number of benzene rings is 3. The highest BCUT2D eigenvalue weighted by atomic mass is 16.5. The fourth-order valence-corrected chi connectivity index (χ4v) is 7.74. The van der Waals surface area contributed by atoms with Gasteiger partial charge in [-0.3, -0.25) is 19.2 Å². The molecule has 2 saturated heterocycles. The first-order valence-corrected chi connectivity index (χ1v) is 16.8. The number of aliphatic hydroxyl groups is 1. The first-order valence-electron chi connectivity index (χ1n) is 16.8. The second kappa shape index (κ2) is 13.9. The maximum absolute atomic E-state index is 15.0. The highest BCUT2D eigenvalue weighted by Gasteiger charge is 2.72. The van der Waals surface area contributed by atoms with E-state index in [1.54, 1.807) is 72.7 Å². The lowest BCUT2D eigenvalue weighted by atomic mass is 9.77. The van der Waals surface area contributed by atoms with E-state index in [2.05, 4.69) is 5.32 Å². The Morgan fingerprint density at radius 1 is 0.940 bits per heavy atom. The maximum atomic E-state index is 15.0. The molecule has 11 heteroatoms. The van der Waals surface area contributed by atoms with Crippen LogP contribution in [-0.2, 0) is 28.7 Å². The number of esters is 1. The van der Waals surface area contributed by atoms with Crippen LogP contribution in [-0.4, -0.2) is 78.3 Å². The summed E-state index contributed by atoms with van der Waals surface area (Å²) in [7, 11) is 1.56. The number of cyclic esters (lactones) is 1. The molecule has 0 aliphatic carbocycles. The van der Waals surface area contributed by atoms with Crippen LogP contribution in [0.2, 0.25) is 0 Å². The van der Waals surface area contributed by atoms with Gasteiger partial charge in [-0.2, -0.15) is 0 Å². The van der Waals surface area contributed by atoms with E-state index in [4.69, 9.17) is 14.2 Å². The normalized spacial score (nSPS) is 29.4. The van der Waals surface area contributed by atoms with E-state index in [9.17, 15) is 19.5 Å². The number of ether oxygens (including phenoxy) is 3. The summed E-state index contributed by atoms with van der Waals surface area (Å²) in [5.41, 5.74) is 0.406. The Labute approximate surface area is 290 Å². The number of methoxy groups -OCH3 is 1. The standard InChI is InChI=1S/C39H39N3O8/c1-48-28-19-17-27(18-20-28)41-22-10-21-39-34(37(46)42(35(39)38(41)47)30(23-43)26-13-6-3-7-14-26)33-31(50-39)15-8-9-16-32(44)49-24-29(40-36(33)45)25-11-4-2-5-12-25/h2-8,10-15,17-21,29-31,33-35,43H,9,16,22-24H2,1H3,(H,40,45)/b15-8-/t29-,30-,31+,33-,34-,35+,39-/m1/s1. The van der Waals surface area contributed by atoms with E-state index in [0.29, 0.717) is 23.4 Å². The average molecular weight is 678 g/mol. The Morgan fingerprint density at radius 2 is 1.66 bits per heavy atom. The van der Waals surface area contributed by atoms with Gasteiger partial charge in [0.2, 0.25) is 11.8 Å². The molecular weight excluding hydrogens is 638 g/mol. The predicted octanol–water partition coefficient (Wildman–Crippen LogP) is 3.66. The molecule has 0 bridgehead atoms. The van der Waals surface area contributed by atoms with Crippen molar-refractivity contribution in [1.29, 1.82) is 0 Å². The van der Waals surface area contributed by atoms with Gasteiger partial charge in [0.25, 0.3) is 5.91 Å². The molecule has 3 amide bonds. The van der Waals surface area contributed by atoms with Crippen LogP contribution in [0.3, 0.4) is 0 Å². The Kier molecular flexibility index (Phi) is 9.26. The molecule has 2 N–H and O–H groups in total. The van der Waals surface area contributed by atoms with Gasteiger partial charge >= 0.3 is 5.97 Å². The fourth-order valence-electron chi connectivity index (χ4n) is 7.74. The Hall–Kier alpha value is -5.26. The molecule has 7 atom stereocenters. The second-order valence-electron chi connectivity index (χ2n) is 12.9. The highest BCUT2D eigenvalue weighted by molar-refractivity contribution is 6.06. The molecule has 0 unspecified atom stereocenters. The topological polar surface area (TPSA) is 135 Å². The van der Waals surface area contributed by atoms with Crippen LogP contribution in [0.15, 0.2) is 109 Å². The summed E-state index contributed by atoms with van der Waals surface area (Å²) in [5.74, 6) is -3.30. The summed E-state index contributed by atoms with van der Waals surface area (Å²) in [4.78, 5) is 60.1. The van der Waals surface area contributed by atoms with Crippen molar-refractivity contribution in [3.63, 3.8) is 0 Å². The van der Waals surface area contributed by atoms with E-state index in [-0.39, 0.29) is 19.6 Å². The van der Waals surface area contributed by atoms with Crippen molar-refractivity contribution in [2.75, 3.05) is 31.8 Å². The number of amides is 3. The SMILES string of the molecule is COc1ccc(N2CC=C[C@@]34O[C@H]5/C=C\CCC(=O)OC[C@H](c6ccccc6)NC(=O)[C@H]5[C@@H]3C(=O)N([C@H](CO)c3ccccc3)[C@H]4C2=O)cc1. The molecule has 4 aliphatic rings. The quantitative estimate of drug-likeness (QED) is 0.298. The fraction of sp³-hybridized carbons (Fsp3) is 0.333. The zero-order chi connectivity index (χ0) is 34.8. The molecule has 4 aliphatic heterocycles. The summed E-state index contributed by atoms with van der Waals surface area (Å²) in [6, 6.07) is 22.5. The molecule has 4 heterocycles. The monoisotopic (exact) mass is 677 g/mol. The number of carbonyl (C=O) groups excluding carboxylic acids is 4. The van der Waals surface area contributed by atoms with Crippen LogP contribution in [0.1, 0.15) is 36.1 Å². The first kappa shape index (κ1) is 33.2. The van der Waals surface area contributed by atoms with Crippen molar-refractivity contribution in [2.24, 2.45) is 11.8 Å². The molecule has 3 aromatic rings. The van der Waals surface area contributed by atoms with Crippen molar-refractivity contribution >= 4 is 29.4 Å². The summed E-state index contributed by atoms with van der Waals surface area (Å²) in [5, 5.41) is 13.9. The molecule has 1 spiro atoms. The lowest BCUT2D eigenvalue weighted by molar-refractivity contribution is -0.146. The zero-order valence-corrected chi connectivity index (χ0v) is 27.6. The first-order chi connectivity index (χ1) is 24.4. The van der Waals surface area contributed by atoms with E-state index in [1.165, 1.54) is 4.90 Å². The molecular formula is C39H39N3O8. The van der Waals surface area contributed by atoms with Crippen LogP contribution in [0, 0.1) is 11.8 Å². The number of nitrogens with zero attached hydrogens (tertiary/aromatic N) is 2. The number of rotatable bonds is 6. The number of anilines is 1. The molecule has 7 rings (SSSR count). The largest absolute Gasteiger partial charge is 0.497 e. The number of likely N-dealkylation sites (tertiary alicyclic amines) is 1. The summed E-state index contributed by atoms with van der Waals surface area (Å²) in [6.07, 6.45) is 6.59. The predicted molar refractivity (Wildman–Crippen MR) is 183 cm³/mol. The molecule has 3 aromatic carbocycles. The number of allylic oxidation sites excluding steroid dienone is 1. The molecule has 0 aromatic heterocycles. The van der Waals surface area contributed by atoms with Crippen molar-refractivity contribution < 1.29 is 38.5 Å². The number of carbonyl (C=O) groups is 4. The van der Waals surface area contributed by atoms with Gasteiger partial charge in [0.05, 0.1) is 43.7 Å². The van der Waals surface area contributed by atoms with Gasteiger partial charge < -0.3 is 34.4 Å². The summed E-state index contributed by atoms with van der Waals surface area (Å²) < 4.78 is 17.7. The third kappa shape index (κ3) is 5.86. The van der Waals surface area contributed by atoms with E-state index in [0.717, 1.165) is 5.56 Å². The molecule has 11 nitrogen and oxygen atoms in total. The van der Waals surface area contributed by atoms with Gasteiger partial charge in [-0.25, -0.2) is 0 Å². The molecule has 50 heavy (non-hydrogen) atoms. The summed E-state index contributed by atoms with van der Waals surface area (Å²) in [6.45, 7) is -0.370. The number of nitrogens with one attached hydrogen (secondary N) is 1. The second-order valence-corrected chi connectivity index (χ2v) is 12.9. The van der Waals surface area contributed by atoms with Crippen molar-refractivity contribution in [3.8, 4) is 5.75 Å². The molecule has 258 valence electrons. The number of aliphatic hydroxyl groups excluding tert-OH is 1. The Balaban J connectivity index is 1.35. The van der Waals surface area contributed by atoms with Gasteiger partial charge in [-0.1, -0.05) is 85.0 Å². The van der Waals surface area contributed by atoms with Crippen LogP contribution in [0.25, 0.3) is 0 Å². The lowest BCUT2D eigenvalue weighted by Crippen LogP contribution is -2.56. The number of fused-ring (bicyclic) bond motifs is 2. The molecule has 2 fully saturated rings. The van der Waals surface area contributed by atoms with Gasteiger partial charge in [0, 0.05) is 18.7 Å². The van der Waals surface area contributed by atoms with Crippen molar-refractivity contribution in [1.82, 2.24) is 10.2 Å². The zero-order valence-electron chi connectivity index (χ0n) is 27.6. The van der Waals surface area contributed by atoms with Gasteiger partial charge in [-0.05, 0) is 41.8 Å².